The van der Waals surface area contributed by atoms with Gasteiger partial charge in [-0.25, -0.2) is 19.9 Å². The standard InChI is InChI=1S/C19H20N6S/c1-26-19-23-9-13(10-24-19)8-21-16-5-2-6-17-15(16)12-22-18(25-17)14-4-3-7-20-11-14/h3-4,7,9-12,16,21H,2,5-6,8H2,1H3. The number of hydrogen-bond acceptors (Lipinski definition) is 7. The van der Waals surface area contributed by atoms with E-state index >= 15 is 0 Å². The molecule has 1 N–H and O–H groups in total. The van der Waals surface area contributed by atoms with Gasteiger partial charge in [0, 0.05) is 66.0 Å². The van der Waals surface area contributed by atoms with Crippen LogP contribution in [-0.2, 0) is 13.0 Å². The summed E-state index contributed by atoms with van der Waals surface area (Å²) >= 11 is 1.55. The fraction of sp³-hybridized carbons (Fsp3) is 0.316. The molecule has 26 heavy (non-hydrogen) atoms. The van der Waals surface area contributed by atoms with Gasteiger partial charge in [-0.2, -0.15) is 0 Å². The van der Waals surface area contributed by atoms with Gasteiger partial charge in [-0.1, -0.05) is 11.8 Å². The zero-order valence-corrected chi connectivity index (χ0v) is 15.4. The molecule has 0 saturated heterocycles. The monoisotopic (exact) mass is 364 g/mol. The van der Waals surface area contributed by atoms with E-state index in [-0.39, 0.29) is 6.04 Å². The van der Waals surface area contributed by atoms with Gasteiger partial charge < -0.3 is 5.32 Å². The largest absolute Gasteiger partial charge is 0.306 e. The lowest BCUT2D eigenvalue weighted by atomic mass is 9.92. The van der Waals surface area contributed by atoms with Crippen molar-refractivity contribution in [1.29, 1.82) is 0 Å². The van der Waals surface area contributed by atoms with Crippen LogP contribution in [0.4, 0.5) is 0 Å². The van der Waals surface area contributed by atoms with Crippen LogP contribution in [0.15, 0.2) is 48.3 Å². The first kappa shape index (κ1) is 17.1. The molecule has 1 aliphatic rings. The molecule has 1 atom stereocenters. The highest BCUT2D eigenvalue weighted by atomic mass is 32.2. The molecule has 0 saturated carbocycles. The van der Waals surface area contributed by atoms with Gasteiger partial charge in [0.15, 0.2) is 11.0 Å². The number of fused-ring (bicyclic) bond motifs is 1. The summed E-state index contributed by atoms with van der Waals surface area (Å²) in [4.78, 5) is 22.2. The third kappa shape index (κ3) is 3.73. The first-order valence-corrected chi connectivity index (χ1v) is 9.90. The second-order valence-corrected chi connectivity index (χ2v) is 7.01. The van der Waals surface area contributed by atoms with Crippen LogP contribution in [-0.4, -0.2) is 31.2 Å². The number of pyridine rings is 1. The van der Waals surface area contributed by atoms with E-state index < -0.39 is 0 Å². The fourth-order valence-corrected chi connectivity index (χ4v) is 3.49. The molecule has 3 heterocycles. The third-order valence-corrected chi connectivity index (χ3v) is 5.09. The van der Waals surface area contributed by atoms with Crippen LogP contribution in [0, 0.1) is 0 Å². The Morgan fingerprint density at radius 3 is 2.81 bits per heavy atom. The van der Waals surface area contributed by atoms with Crippen LogP contribution in [0.3, 0.4) is 0 Å². The van der Waals surface area contributed by atoms with Crippen LogP contribution in [0.25, 0.3) is 11.4 Å². The summed E-state index contributed by atoms with van der Waals surface area (Å²) in [5.74, 6) is 0.749. The van der Waals surface area contributed by atoms with Gasteiger partial charge in [-0.15, -0.1) is 0 Å². The molecule has 0 amide bonds. The second-order valence-electron chi connectivity index (χ2n) is 6.24. The highest BCUT2D eigenvalue weighted by Gasteiger charge is 2.22. The van der Waals surface area contributed by atoms with Crippen molar-refractivity contribution >= 4 is 11.8 Å². The van der Waals surface area contributed by atoms with Crippen LogP contribution in [0.1, 0.15) is 35.7 Å². The van der Waals surface area contributed by atoms with Gasteiger partial charge in [-0.05, 0) is 37.7 Å². The third-order valence-electron chi connectivity index (χ3n) is 4.52. The quantitative estimate of drug-likeness (QED) is 0.550. The van der Waals surface area contributed by atoms with Gasteiger partial charge >= 0.3 is 0 Å². The lowest BCUT2D eigenvalue weighted by molar-refractivity contribution is 0.451. The summed E-state index contributed by atoms with van der Waals surface area (Å²) in [7, 11) is 0. The molecule has 4 rings (SSSR count). The highest BCUT2D eigenvalue weighted by Crippen LogP contribution is 2.29. The minimum atomic E-state index is 0.266. The summed E-state index contributed by atoms with van der Waals surface area (Å²) in [5, 5.41) is 4.41. The zero-order chi connectivity index (χ0) is 17.8. The molecule has 0 radical (unpaired) electrons. The number of aryl methyl sites for hydroxylation is 1. The summed E-state index contributed by atoms with van der Waals surface area (Å²) in [6, 6.07) is 4.17. The highest BCUT2D eigenvalue weighted by molar-refractivity contribution is 7.98. The van der Waals surface area contributed by atoms with Crippen molar-refractivity contribution in [3.63, 3.8) is 0 Å². The Morgan fingerprint density at radius 1 is 1.15 bits per heavy atom. The van der Waals surface area contributed by atoms with Crippen LogP contribution >= 0.6 is 11.8 Å². The molecule has 0 bridgehead atoms. The SMILES string of the molecule is CSc1ncc(CNC2CCCc3nc(-c4cccnc4)ncc32)cn1. The summed E-state index contributed by atoms with van der Waals surface area (Å²) in [6.45, 7) is 0.739. The molecular formula is C19H20N6S. The molecular weight excluding hydrogens is 344 g/mol. The van der Waals surface area contributed by atoms with Crippen LogP contribution in [0.5, 0.6) is 0 Å². The first-order valence-electron chi connectivity index (χ1n) is 8.68. The van der Waals surface area contributed by atoms with E-state index in [2.05, 4.69) is 25.3 Å². The van der Waals surface area contributed by atoms with Crippen molar-refractivity contribution in [3.05, 3.63) is 59.9 Å². The maximum absolute atomic E-state index is 4.79. The Balaban J connectivity index is 1.50. The molecule has 3 aromatic heterocycles. The average Bonchev–Trinajstić information content (AvgIpc) is 2.73. The molecule has 1 unspecified atom stereocenters. The first-order chi connectivity index (χ1) is 12.8. The van der Waals surface area contributed by atoms with E-state index in [1.807, 2.05) is 37.0 Å². The Hall–Kier alpha value is -2.38. The van der Waals surface area contributed by atoms with Gasteiger partial charge in [0.25, 0.3) is 0 Å². The van der Waals surface area contributed by atoms with Crippen LogP contribution < -0.4 is 5.32 Å². The van der Waals surface area contributed by atoms with E-state index in [0.717, 1.165) is 53.6 Å². The topological polar surface area (TPSA) is 76.5 Å². The number of nitrogens with one attached hydrogen (secondary N) is 1. The summed E-state index contributed by atoms with van der Waals surface area (Å²) < 4.78 is 0. The Bertz CT molecular complexity index is 869. The molecule has 0 fully saturated rings. The lowest BCUT2D eigenvalue weighted by Gasteiger charge is -2.25. The molecule has 0 spiro atoms. The predicted octanol–water partition coefficient (Wildman–Crippen LogP) is 3.22. The number of aromatic nitrogens is 5. The summed E-state index contributed by atoms with van der Waals surface area (Å²) in [5.41, 5.74) is 4.38. The summed E-state index contributed by atoms with van der Waals surface area (Å²) in [6.07, 6.45) is 14.5. The Labute approximate surface area is 157 Å². The van der Waals surface area contributed by atoms with E-state index in [1.54, 1.807) is 24.2 Å². The molecule has 0 aromatic carbocycles. The van der Waals surface area contributed by atoms with Gasteiger partial charge in [-0.3, -0.25) is 4.98 Å². The molecule has 6 nitrogen and oxygen atoms in total. The van der Waals surface area contributed by atoms with E-state index in [0.29, 0.717) is 0 Å². The molecule has 7 heteroatoms. The number of nitrogens with zero attached hydrogens (tertiary/aromatic N) is 5. The van der Waals surface area contributed by atoms with Crippen molar-refractivity contribution in [1.82, 2.24) is 30.2 Å². The number of rotatable bonds is 5. The molecule has 1 aliphatic carbocycles. The average molecular weight is 364 g/mol. The lowest BCUT2D eigenvalue weighted by Crippen LogP contribution is -2.26. The van der Waals surface area contributed by atoms with Crippen molar-refractivity contribution in [3.8, 4) is 11.4 Å². The van der Waals surface area contributed by atoms with Gasteiger partial charge in [0.2, 0.25) is 0 Å². The van der Waals surface area contributed by atoms with Crippen molar-refractivity contribution in [2.45, 2.75) is 37.0 Å². The predicted molar refractivity (Wildman–Crippen MR) is 102 cm³/mol. The normalized spacial score (nSPS) is 16.3. The minimum absolute atomic E-state index is 0.266. The van der Waals surface area contributed by atoms with E-state index in [1.165, 1.54) is 5.56 Å². The van der Waals surface area contributed by atoms with Crippen molar-refractivity contribution in [2.24, 2.45) is 0 Å². The maximum Gasteiger partial charge on any atom is 0.187 e. The van der Waals surface area contributed by atoms with E-state index in [9.17, 15) is 0 Å². The second kappa shape index (κ2) is 7.88. The van der Waals surface area contributed by atoms with Crippen LogP contribution in [0.2, 0.25) is 0 Å². The Morgan fingerprint density at radius 2 is 2.04 bits per heavy atom. The fourth-order valence-electron chi connectivity index (χ4n) is 3.17. The molecule has 3 aromatic rings. The molecule has 0 aliphatic heterocycles. The van der Waals surface area contributed by atoms with Crippen molar-refractivity contribution < 1.29 is 0 Å². The number of thioether (sulfide) groups is 1. The van der Waals surface area contributed by atoms with Gasteiger partial charge in [0.1, 0.15) is 0 Å². The Kier molecular flexibility index (Phi) is 5.17. The van der Waals surface area contributed by atoms with Gasteiger partial charge in [0.05, 0.1) is 0 Å². The van der Waals surface area contributed by atoms with E-state index in [4.69, 9.17) is 4.98 Å². The zero-order valence-electron chi connectivity index (χ0n) is 14.6. The smallest absolute Gasteiger partial charge is 0.187 e. The maximum atomic E-state index is 4.79. The minimum Gasteiger partial charge on any atom is -0.306 e. The van der Waals surface area contributed by atoms with Crippen molar-refractivity contribution in [2.75, 3.05) is 6.26 Å². The number of hydrogen-bond donors (Lipinski definition) is 1. The molecule has 132 valence electrons.